The Balaban J connectivity index is 2.83. The lowest BCUT2D eigenvalue weighted by Gasteiger charge is -2.29. The molecule has 122 valence electrons. The molecule has 1 atom stereocenters. The first-order valence-electron chi connectivity index (χ1n) is 6.99. The summed E-state index contributed by atoms with van der Waals surface area (Å²) in [5, 5.41) is 11.6. The minimum Gasteiger partial charge on any atom is -0.481 e. The van der Waals surface area contributed by atoms with Crippen LogP contribution in [0.15, 0.2) is 0 Å². The third-order valence-corrected chi connectivity index (χ3v) is 5.56. The number of aliphatic carboxylic acids is 1. The molecule has 1 aliphatic rings. The third kappa shape index (κ3) is 4.16. The van der Waals surface area contributed by atoms with E-state index in [-0.39, 0.29) is 18.2 Å². The average Bonchev–Trinajstić information content (AvgIpc) is 2.66. The minimum absolute atomic E-state index is 0.0434. The summed E-state index contributed by atoms with van der Waals surface area (Å²) in [5.74, 6) is -1.59. The molecule has 0 aromatic heterocycles. The van der Waals surface area contributed by atoms with Crippen LogP contribution in [0, 0.1) is 11.3 Å². The normalized spacial score (nSPS) is 20.4. The van der Waals surface area contributed by atoms with Crippen LogP contribution in [0.25, 0.3) is 0 Å². The molecule has 8 heteroatoms. The topological polar surface area (TPSA) is 104 Å². The number of nitrogens with zero attached hydrogens (tertiary/aromatic N) is 1. The van der Waals surface area contributed by atoms with Crippen LogP contribution >= 0.6 is 0 Å². The second-order valence-electron chi connectivity index (χ2n) is 6.38. The van der Waals surface area contributed by atoms with Crippen molar-refractivity contribution in [3.8, 4) is 0 Å². The quantitative estimate of drug-likeness (QED) is 0.731. The van der Waals surface area contributed by atoms with Crippen molar-refractivity contribution in [1.29, 1.82) is 0 Å². The van der Waals surface area contributed by atoms with Gasteiger partial charge < -0.3 is 10.4 Å². The summed E-state index contributed by atoms with van der Waals surface area (Å²) in [5.41, 5.74) is -1.10. The first kappa shape index (κ1) is 17.9. The summed E-state index contributed by atoms with van der Waals surface area (Å²) >= 11 is 0. The van der Waals surface area contributed by atoms with Crippen molar-refractivity contribution >= 4 is 21.9 Å². The standard InChI is InChI=1S/C13H24N2O5S/c1-9(2)10(15-6-5-7-21(15,19)20)11(16)14-8-13(3,4)12(17)18/h9-10H,5-8H2,1-4H3,(H,14,16)(H,17,18). The molecule has 1 aliphatic heterocycles. The molecule has 1 rings (SSSR count). The maximum absolute atomic E-state index is 12.3. The van der Waals surface area contributed by atoms with Gasteiger partial charge in [0.2, 0.25) is 15.9 Å². The number of nitrogens with one attached hydrogen (secondary N) is 1. The van der Waals surface area contributed by atoms with Gasteiger partial charge in [-0.2, -0.15) is 4.31 Å². The highest BCUT2D eigenvalue weighted by atomic mass is 32.2. The van der Waals surface area contributed by atoms with Crippen molar-refractivity contribution in [2.45, 2.75) is 40.2 Å². The number of carboxylic acids is 1. The molecule has 0 aromatic rings. The fourth-order valence-corrected chi connectivity index (χ4v) is 4.05. The zero-order chi connectivity index (χ0) is 16.4. The van der Waals surface area contributed by atoms with Gasteiger partial charge in [-0.15, -0.1) is 0 Å². The van der Waals surface area contributed by atoms with Crippen LogP contribution in [-0.4, -0.2) is 54.6 Å². The Bertz CT molecular complexity index is 513. The van der Waals surface area contributed by atoms with Gasteiger partial charge in [-0.3, -0.25) is 9.59 Å². The lowest BCUT2D eigenvalue weighted by Crippen LogP contribution is -2.52. The number of rotatable bonds is 6. The van der Waals surface area contributed by atoms with Gasteiger partial charge in [-0.1, -0.05) is 13.8 Å². The van der Waals surface area contributed by atoms with Gasteiger partial charge in [0, 0.05) is 13.1 Å². The predicted molar refractivity (Wildman–Crippen MR) is 78.2 cm³/mol. The van der Waals surface area contributed by atoms with E-state index in [1.807, 2.05) is 0 Å². The van der Waals surface area contributed by atoms with Crippen LogP contribution in [0.4, 0.5) is 0 Å². The van der Waals surface area contributed by atoms with Crippen LogP contribution in [-0.2, 0) is 19.6 Å². The Labute approximate surface area is 125 Å². The van der Waals surface area contributed by atoms with Gasteiger partial charge in [0.15, 0.2) is 0 Å². The molecular formula is C13H24N2O5S. The van der Waals surface area contributed by atoms with E-state index >= 15 is 0 Å². The molecule has 1 fully saturated rings. The van der Waals surface area contributed by atoms with Crippen molar-refractivity contribution < 1.29 is 23.1 Å². The highest BCUT2D eigenvalue weighted by Crippen LogP contribution is 2.22. The lowest BCUT2D eigenvalue weighted by molar-refractivity contribution is -0.146. The van der Waals surface area contributed by atoms with Crippen LogP contribution in [0.5, 0.6) is 0 Å². The van der Waals surface area contributed by atoms with Crippen molar-refractivity contribution in [3.63, 3.8) is 0 Å². The summed E-state index contributed by atoms with van der Waals surface area (Å²) in [6.07, 6.45) is 0.513. The highest BCUT2D eigenvalue weighted by molar-refractivity contribution is 7.89. The van der Waals surface area contributed by atoms with E-state index in [0.29, 0.717) is 13.0 Å². The second-order valence-corrected chi connectivity index (χ2v) is 8.42. The monoisotopic (exact) mass is 320 g/mol. The van der Waals surface area contributed by atoms with Crippen LogP contribution in [0.1, 0.15) is 34.1 Å². The number of hydrogen-bond donors (Lipinski definition) is 2. The fraction of sp³-hybridized carbons (Fsp3) is 0.846. The number of amides is 1. The molecule has 1 amide bonds. The Morgan fingerprint density at radius 3 is 2.29 bits per heavy atom. The lowest BCUT2D eigenvalue weighted by atomic mass is 9.93. The molecule has 0 aliphatic carbocycles. The van der Waals surface area contributed by atoms with Crippen LogP contribution in [0.3, 0.4) is 0 Å². The molecule has 0 radical (unpaired) electrons. The fourth-order valence-electron chi connectivity index (χ4n) is 2.23. The second kappa shape index (κ2) is 6.31. The van der Waals surface area contributed by atoms with Gasteiger partial charge in [0.05, 0.1) is 11.2 Å². The van der Waals surface area contributed by atoms with Crippen LogP contribution < -0.4 is 5.32 Å². The predicted octanol–water partition coefficient (Wildman–Crippen LogP) is 0.274. The highest BCUT2D eigenvalue weighted by Gasteiger charge is 2.40. The number of carboxylic acid groups (broad SMARTS) is 1. The first-order valence-corrected chi connectivity index (χ1v) is 8.60. The smallest absolute Gasteiger partial charge is 0.310 e. The average molecular weight is 320 g/mol. The largest absolute Gasteiger partial charge is 0.481 e. The molecule has 1 heterocycles. The van der Waals surface area contributed by atoms with Gasteiger partial charge in [0.25, 0.3) is 0 Å². The third-order valence-electron chi connectivity index (χ3n) is 3.63. The maximum atomic E-state index is 12.3. The van der Waals surface area contributed by atoms with E-state index < -0.39 is 33.4 Å². The zero-order valence-electron chi connectivity index (χ0n) is 12.9. The Morgan fingerprint density at radius 2 is 1.90 bits per heavy atom. The van der Waals surface area contributed by atoms with Crippen molar-refractivity contribution in [1.82, 2.24) is 9.62 Å². The number of carbonyl (C=O) groups excluding carboxylic acids is 1. The van der Waals surface area contributed by atoms with Crippen molar-refractivity contribution in [3.05, 3.63) is 0 Å². The van der Waals surface area contributed by atoms with E-state index in [4.69, 9.17) is 5.11 Å². The van der Waals surface area contributed by atoms with Crippen molar-refractivity contribution in [2.75, 3.05) is 18.8 Å². The minimum atomic E-state index is -3.39. The maximum Gasteiger partial charge on any atom is 0.310 e. The molecule has 7 nitrogen and oxygen atoms in total. The number of carbonyl (C=O) groups is 2. The molecule has 0 aromatic carbocycles. The molecular weight excluding hydrogens is 296 g/mol. The van der Waals surface area contributed by atoms with Crippen molar-refractivity contribution in [2.24, 2.45) is 11.3 Å². The van der Waals surface area contributed by atoms with Gasteiger partial charge in [-0.05, 0) is 26.2 Å². The Hall–Kier alpha value is -1.15. The summed E-state index contributed by atoms with van der Waals surface area (Å²) in [4.78, 5) is 23.4. The molecule has 1 saturated heterocycles. The van der Waals surface area contributed by atoms with E-state index in [0.717, 1.165) is 0 Å². The molecule has 0 spiro atoms. The number of hydrogen-bond acceptors (Lipinski definition) is 4. The Morgan fingerprint density at radius 1 is 1.33 bits per heavy atom. The Kier molecular flexibility index (Phi) is 5.38. The van der Waals surface area contributed by atoms with E-state index in [1.54, 1.807) is 13.8 Å². The molecule has 0 bridgehead atoms. The summed E-state index contributed by atoms with van der Waals surface area (Å²) < 4.78 is 25.2. The first-order chi connectivity index (χ1) is 9.49. The van der Waals surface area contributed by atoms with E-state index in [1.165, 1.54) is 18.2 Å². The zero-order valence-corrected chi connectivity index (χ0v) is 13.7. The molecule has 0 saturated carbocycles. The van der Waals surface area contributed by atoms with Gasteiger partial charge >= 0.3 is 5.97 Å². The summed E-state index contributed by atoms with van der Waals surface area (Å²) in [7, 11) is -3.39. The molecule has 21 heavy (non-hydrogen) atoms. The summed E-state index contributed by atoms with van der Waals surface area (Å²) in [6.45, 7) is 6.86. The van der Waals surface area contributed by atoms with E-state index in [9.17, 15) is 18.0 Å². The SMILES string of the molecule is CC(C)C(C(=O)NCC(C)(C)C(=O)O)N1CCCS1(=O)=O. The van der Waals surface area contributed by atoms with Gasteiger partial charge in [-0.25, -0.2) is 8.42 Å². The molecule has 1 unspecified atom stereocenters. The number of sulfonamides is 1. The van der Waals surface area contributed by atoms with E-state index in [2.05, 4.69) is 5.32 Å². The van der Waals surface area contributed by atoms with Gasteiger partial charge in [0.1, 0.15) is 6.04 Å². The van der Waals surface area contributed by atoms with Crippen LogP contribution in [0.2, 0.25) is 0 Å². The molecule has 2 N–H and O–H groups in total. The summed E-state index contributed by atoms with van der Waals surface area (Å²) in [6, 6.07) is -0.790.